The van der Waals surface area contributed by atoms with E-state index in [4.69, 9.17) is 0 Å². The predicted molar refractivity (Wildman–Crippen MR) is 100.0 cm³/mol. The second-order valence-corrected chi connectivity index (χ2v) is 7.00. The molecule has 0 aliphatic carbocycles. The summed E-state index contributed by atoms with van der Waals surface area (Å²) < 4.78 is 52.2. The van der Waals surface area contributed by atoms with Crippen LogP contribution in [0, 0.1) is 5.82 Å². The first-order chi connectivity index (χ1) is 13.3. The normalized spacial score (nSPS) is 16.1. The summed E-state index contributed by atoms with van der Waals surface area (Å²) in [5.41, 5.74) is 0.875. The van der Waals surface area contributed by atoms with Gasteiger partial charge in [0.05, 0.1) is 16.8 Å². The molecular formula is C21H22F4N2O. The minimum Gasteiger partial charge on any atom is -0.370 e. The maximum Gasteiger partial charge on any atom is 0.416 e. The van der Waals surface area contributed by atoms with Crippen LogP contribution >= 0.6 is 0 Å². The monoisotopic (exact) mass is 394 g/mol. The van der Waals surface area contributed by atoms with Gasteiger partial charge in [0.2, 0.25) is 0 Å². The van der Waals surface area contributed by atoms with E-state index >= 15 is 0 Å². The number of hydrogen-bond donors (Lipinski definition) is 0. The molecule has 0 bridgehead atoms. The third-order valence-corrected chi connectivity index (χ3v) is 4.96. The van der Waals surface area contributed by atoms with Crippen LogP contribution in [-0.2, 0) is 12.7 Å². The maximum absolute atomic E-state index is 14.1. The predicted octanol–water partition coefficient (Wildman–Crippen LogP) is 4.76. The number of carbonyl (C=O) groups is 1. The Bertz CT molecular complexity index is 833. The van der Waals surface area contributed by atoms with Gasteiger partial charge in [-0.05, 0) is 43.2 Å². The minimum atomic E-state index is -4.33. The molecule has 150 valence electrons. The van der Waals surface area contributed by atoms with Gasteiger partial charge < -0.3 is 4.90 Å². The number of alkyl halides is 3. The first-order valence-electron chi connectivity index (χ1n) is 9.18. The average Bonchev–Trinajstić information content (AvgIpc) is 2.86. The Hall–Kier alpha value is -2.41. The van der Waals surface area contributed by atoms with Gasteiger partial charge in [-0.2, -0.15) is 13.2 Å². The highest BCUT2D eigenvalue weighted by atomic mass is 19.4. The van der Waals surface area contributed by atoms with Gasteiger partial charge in [-0.15, -0.1) is 0 Å². The van der Waals surface area contributed by atoms with E-state index in [2.05, 4.69) is 4.90 Å². The lowest BCUT2D eigenvalue weighted by Crippen LogP contribution is -2.31. The molecule has 0 N–H and O–H groups in total. The number of benzene rings is 2. The minimum absolute atomic E-state index is 0.110. The molecule has 1 fully saturated rings. The zero-order valence-electron chi connectivity index (χ0n) is 15.6. The Balaban J connectivity index is 1.68. The van der Waals surface area contributed by atoms with Crippen LogP contribution in [0.25, 0.3) is 0 Å². The molecule has 0 radical (unpaired) electrons. The summed E-state index contributed by atoms with van der Waals surface area (Å²) in [6.07, 6.45) is -3.52. The molecule has 2 aromatic rings. The van der Waals surface area contributed by atoms with Crippen LogP contribution in [0.1, 0.15) is 34.8 Å². The molecule has 1 aliphatic rings. The first kappa shape index (κ1) is 20.3. The van der Waals surface area contributed by atoms with Gasteiger partial charge in [-0.1, -0.05) is 18.2 Å². The van der Waals surface area contributed by atoms with Gasteiger partial charge >= 0.3 is 6.18 Å². The van der Waals surface area contributed by atoms with Crippen molar-refractivity contribution in [3.63, 3.8) is 0 Å². The molecule has 0 saturated carbocycles. The van der Waals surface area contributed by atoms with E-state index in [1.54, 1.807) is 12.1 Å². The summed E-state index contributed by atoms with van der Waals surface area (Å²) in [5, 5.41) is 0. The Morgan fingerprint density at radius 3 is 2.36 bits per heavy atom. The number of halogens is 4. The van der Waals surface area contributed by atoms with Gasteiger partial charge in [-0.25, -0.2) is 4.39 Å². The molecule has 1 aliphatic heterocycles. The van der Waals surface area contributed by atoms with Crippen LogP contribution < -0.4 is 4.90 Å². The zero-order chi connectivity index (χ0) is 20.3. The fraction of sp³-hybridized carbons (Fsp3) is 0.381. The van der Waals surface area contributed by atoms with Crippen molar-refractivity contribution in [2.24, 2.45) is 0 Å². The van der Waals surface area contributed by atoms with E-state index in [9.17, 15) is 22.4 Å². The van der Waals surface area contributed by atoms with Crippen molar-refractivity contribution in [1.82, 2.24) is 4.90 Å². The van der Waals surface area contributed by atoms with E-state index in [1.165, 1.54) is 25.1 Å². The van der Waals surface area contributed by atoms with Crippen molar-refractivity contribution in [1.29, 1.82) is 0 Å². The highest BCUT2D eigenvalue weighted by molar-refractivity contribution is 6.00. The Morgan fingerprint density at radius 2 is 1.71 bits per heavy atom. The SMILES string of the molecule is CC(=O)c1c(F)cccc1N1CCCN(Cc2ccc(C(F)(F)F)cc2)CC1. The Morgan fingerprint density at radius 1 is 1.00 bits per heavy atom. The summed E-state index contributed by atoms with van der Waals surface area (Å²) in [5.74, 6) is -0.824. The van der Waals surface area contributed by atoms with Crippen LogP contribution in [0.3, 0.4) is 0 Å². The van der Waals surface area contributed by atoms with Crippen molar-refractivity contribution in [3.8, 4) is 0 Å². The third-order valence-electron chi connectivity index (χ3n) is 4.96. The molecule has 0 atom stereocenters. The quantitative estimate of drug-likeness (QED) is 0.552. The molecule has 3 rings (SSSR count). The van der Waals surface area contributed by atoms with Crippen LogP contribution in [0.5, 0.6) is 0 Å². The molecule has 0 amide bonds. The van der Waals surface area contributed by atoms with Gasteiger partial charge in [0.25, 0.3) is 0 Å². The van der Waals surface area contributed by atoms with Crippen molar-refractivity contribution >= 4 is 11.5 Å². The largest absolute Gasteiger partial charge is 0.416 e. The fourth-order valence-corrected chi connectivity index (χ4v) is 3.55. The highest BCUT2D eigenvalue weighted by Crippen LogP contribution is 2.29. The maximum atomic E-state index is 14.1. The molecule has 28 heavy (non-hydrogen) atoms. The van der Waals surface area contributed by atoms with Crippen LogP contribution in [0.2, 0.25) is 0 Å². The van der Waals surface area contributed by atoms with E-state index in [1.807, 2.05) is 4.90 Å². The number of rotatable bonds is 4. The van der Waals surface area contributed by atoms with Gasteiger partial charge in [-0.3, -0.25) is 9.69 Å². The molecule has 1 saturated heterocycles. The summed E-state index contributed by atoms with van der Waals surface area (Å²) in [7, 11) is 0. The number of anilines is 1. The average molecular weight is 394 g/mol. The Labute approximate surface area is 161 Å². The summed E-state index contributed by atoms with van der Waals surface area (Å²) >= 11 is 0. The third kappa shape index (κ3) is 4.70. The first-order valence-corrected chi connectivity index (χ1v) is 9.18. The van der Waals surface area contributed by atoms with Crippen LogP contribution in [0.15, 0.2) is 42.5 Å². The zero-order valence-corrected chi connectivity index (χ0v) is 15.6. The van der Waals surface area contributed by atoms with E-state index < -0.39 is 17.6 Å². The molecule has 7 heteroatoms. The van der Waals surface area contributed by atoms with Crippen molar-refractivity contribution < 1.29 is 22.4 Å². The molecule has 3 nitrogen and oxygen atoms in total. The smallest absolute Gasteiger partial charge is 0.370 e. The molecular weight excluding hydrogens is 372 g/mol. The van der Waals surface area contributed by atoms with Crippen molar-refractivity contribution in [2.75, 3.05) is 31.1 Å². The summed E-state index contributed by atoms with van der Waals surface area (Å²) in [6.45, 7) is 4.67. The van der Waals surface area contributed by atoms with Crippen molar-refractivity contribution in [3.05, 3.63) is 65.0 Å². The second kappa shape index (κ2) is 8.31. The van der Waals surface area contributed by atoms with Gasteiger partial charge in [0.15, 0.2) is 5.78 Å². The summed E-state index contributed by atoms with van der Waals surface area (Å²) in [6, 6.07) is 9.86. The van der Waals surface area contributed by atoms with Gasteiger partial charge in [0.1, 0.15) is 5.82 Å². The number of Topliss-reactive ketones (excluding diaryl/α,β-unsaturated/α-hetero) is 1. The van der Waals surface area contributed by atoms with Crippen LogP contribution in [-0.4, -0.2) is 36.9 Å². The van der Waals surface area contributed by atoms with E-state index in [0.717, 1.165) is 30.7 Å². The van der Waals surface area contributed by atoms with E-state index in [-0.39, 0.29) is 11.3 Å². The molecule has 2 aromatic carbocycles. The lowest BCUT2D eigenvalue weighted by molar-refractivity contribution is -0.137. The number of hydrogen-bond acceptors (Lipinski definition) is 3. The number of ketones is 1. The fourth-order valence-electron chi connectivity index (χ4n) is 3.55. The standard InChI is InChI=1S/C21H22F4N2O/c1-15(28)20-18(22)4-2-5-19(20)27-11-3-10-26(12-13-27)14-16-6-8-17(9-7-16)21(23,24)25/h2,4-9H,3,10-14H2,1H3. The number of carbonyl (C=O) groups excluding carboxylic acids is 1. The van der Waals surface area contributed by atoms with E-state index in [0.29, 0.717) is 31.9 Å². The lowest BCUT2D eigenvalue weighted by atomic mass is 10.1. The number of nitrogens with zero attached hydrogens (tertiary/aromatic N) is 2. The van der Waals surface area contributed by atoms with Crippen molar-refractivity contribution in [2.45, 2.75) is 26.1 Å². The highest BCUT2D eigenvalue weighted by Gasteiger charge is 2.30. The molecule has 0 aromatic heterocycles. The topological polar surface area (TPSA) is 23.6 Å². The second-order valence-electron chi connectivity index (χ2n) is 7.00. The van der Waals surface area contributed by atoms with Gasteiger partial charge in [0, 0.05) is 32.7 Å². The molecule has 1 heterocycles. The van der Waals surface area contributed by atoms with Crippen LogP contribution in [0.4, 0.5) is 23.2 Å². The molecule has 0 spiro atoms. The summed E-state index contributed by atoms with van der Waals surface area (Å²) in [4.78, 5) is 16.0. The lowest BCUT2D eigenvalue weighted by Gasteiger charge is -2.25. The molecule has 0 unspecified atom stereocenters. The Kier molecular flexibility index (Phi) is 6.03.